The third kappa shape index (κ3) is 3.87. The number of piperidine rings is 1. The van der Waals surface area contributed by atoms with E-state index in [9.17, 15) is 0 Å². The number of benzene rings is 1. The van der Waals surface area contributed by atoms with Crippen molar-refractivity contribution in [3.05, 3.63) is 35.4 Å². The fraction of sp³-hybridized carbons (Fsp3) is 0.500. The molecule has 2 rings (SSSR count). The van der Waals surface area contributed by atoms with E-state index in [0.717, 1.165) is 18.0 Å². The van der Waals surface area contributed by atoms with Gasteiger partial charge in [-0.15, -0.1) is 0 Å². The standard InChI is InChI=1S/C16H22N2/c1-14-4-3-11-18(12-14)13-16-8-6-15(7-9-16)5-2-10-17/h6-9,14H,3-4,10-13,17H2,1H3. The van der Waals surface area contributed by atoms with Gasteiger partial charge < -0.3 is 5.73 Å². The highest BCUT2D eigenvalue weighted by atomic mass is 15.1. The minimum Gasteiger partial charge on any atom is -0.320 e. The fourth-order valence-electron chi connectivity index (χ4n) is 2.54. The minimum absolute atomic E-state index is 0.424. The van der Waals surface area contributed by atoms with E-state index in [1.165, 1.54) is 31.5 Å². The molecule has 0 radical (unpaired) electrons. The molecule has 1 aromatic rings. The van der Waals surface area contributed by atoms with Gasteiger partial charge in [-0.2, -0.15) is 0 Å². The summed E-state index contributed by atoms with van der Waals surface area (Å²) < 4.78 is 0. The summed E-state index contributed by atoms with van der Waals surface area (Å²) in [5, 5.41) is 0. The molecule has 96 valence electrons. The van der Waals surface area contributed by atoms with E-state index in [0.29, 0.717) is 6.54 Å². The van der Waals surface area contributed by atoms with Crippen molar-refractivity contribution in [3.8, 4) is 11.8 Å². The lowest BCUT2D eigenvalue weighted by atomic mass is 10.00. The number of rotatable bonds is 2. The number of hydrogen-bond donors (Lipinski definition) is 1. The molecule has 0 aromatic heterocycles. The highest BCUT2D eigenvalue weighted by molar-refractivity contribution is 5.36. The molecule has 2 N–H and O–H groups in total. The summed E-state index contributed by atoms with van der Waals surface area (Å²) in [5.41, 5.74) is 7.79. The Hall–Kier alpha value is -1.30. The van der Waals surface area contributed by atoms with Crippen LogP contribution in [0.15, 0.2) is 24.3 Å². The molecule has 1 unspecified atom stereocenters. The van der Waals surface area contributed by atoms with E-state index in [1.54, 1.807) is 0 Å². The van der Waals surface area contributed by atoms with Crippen molar-refractivity contribution in [3.63, 3.8) is 0 Å². The highest BCUT2D eigenvalue weighted by Crippen LogP contribution is 2.17. The summed E-state index contributed by atoms with van der Waals surface area (Å²) in [6.45, 7) is 6.30. The van der Waals surface area contributed by atoms with Crippen LogP contribution in [-0.2, 0) is 6.54 Å². The average Bonchev–Trinajstić information content (AvgIpc) is 2.38. The molecule has 0 amide bonds. The first-order valence-electron chi connectivity index (χ1n) is 6.78. The lowest BCUT2D eigenvalue weighted by Crippen LogP contribution is -2.33. The molecule has 0 saturated carbocycles. The first kappa shape index (κ1) is 13.1. The van der Waals surface area contributed by atoms with Crippen LogP contribution in [0.3, 0.4) is 0 Å². The van der Waals surface area contributed by atoms with Gasteiger partial charge in [-0.05, 0) is 43.0 Å². The molecule has 2 nitrogen and oxygen atoms in total. The third-order valence-corrected chi connectivity index (χ3v) is 3.44. The Morgan fingerprint density at radius 1 is 1.33 bits per heavy atom. The van der Waals surface area contributed by atoms with Gasteiger partial charge in [-0.3, -0.25) is 4.90 Å². The molecule has 0 aliphatic carbocycles. The van der Waals surface area contributed by atoms with E-state index >= 15 is 0 Å². The second-order valence-electron chi connectivity index (χ2n) is 5.19. The summed E-state index contributed by atoms with van der Waals surface area (Å²) in [5.74, 6) is 6.77. The molecule has 1 aliphatic heterocycles. The molecule has 1 aromatic carbocycles. The van der Waals surface area contributed by atoms with Crippen molar-refractivity contribution in [1.29, 1.82) is 0 Å². The van der Waals surface area contributed by atoms with E-state index in [2.05, 4.69) is 47.9 Å². The van der Waals surface area contributed by atoms with Gasteiger partial charge in [0.2, 0.25) is 0 Å². The number of nitrogens with zero attached hydrogens (tertiary/aromatic N) is 1. The van der Waals surface area contributed by atoms with Crippen molar-refractivity contribution in [2.24, 2.45) is 11.7 Å². The van der Waals surface area contributed by atoms with E-state index < -0.39 is 0 Å². The van der Waals surface area contributed by atoms with Crippen LogP contribution in [0.25, 0.3) is 0 Å². The van der Waals surface area contributed by atoms with E-state index in [-0.39, 0.29) is 0 Å². The number of likely N-dealkylation sites (tertiary alicyclic amines) is 1. The van der Waals surface area contributed by atoms with Crippen LogP contribution in [0, 0.1) is 17.8 Å². The van der Waals surface area contributed by atoms with Crippen LogP contribution < -0.4 is 5.73 Å². The van der Waals surface area contributed by atoms with Crippen molar-refractivity contribution in [1.82, 2.24) is 4.90 Å². The monoisotopic (exact) mass is 242 g/mol. The second kappa shape index (κ2) is 6.58. The Morgan fingerprint density at radius 3 is 2.78 bits per heavy atom. The zero-order valence-electron chi connectivity index (χ0n) is 11.2. The lowest BCUT2D eigenvalue weighted by molar-refractivity contribution is 0.176. The molecule has 1 saturated heterocycles. The highest BCUT2D eigenvalue weighted by Gasteiger charge is 2.15. The topological polar surface area (TPSA) is 29.3 Å². The van der Waals surface area contributed by atoms with Gasteiger partial charge in [0.1, 0.15) is 0 Å². The SMILES string of the molecule is CC1CCCN(Cc2ccc(C#CCN)cc2)C1. The quantitative estimate of drug-likeness (QED) is 0.806. The maximum Gasteiger partial charge on any atom is 0.0555 e. The molecule has 0 spiro atoms. The summed E-state index contributed by atoms with van der Waals surface area (Å²) in [4.78, 5) is 2.55. The van der Waals surface area contributed by atoms with Crippen molar-refractivity contribution < 1.29 is 0 Å². The average molecular weight is 242 g/mol. The van der Waals surface area contributed by atoms with Crippen LogP contribution in [0.1, 0.15) is 30.9 Å². The van der Waals surface area contributed by atoms with Crippen LogP contribution in [0.2, 0.25) is 0 Å². The maximum absolute atomic E-state index is 5.36. The molecule has 2 heteroatoms. The van der Waals surface area contributed by atoms with Gasteiger partial charge in [-0.25, -0.2) is 0 Å². The van der Waals surface area contributed by atoms with E-state index in [1.807, 2.05) is 0 Å². The Bertz CT molecular complexity index is 425. The molecular formula is C16H22N2. The molecule has 0 bridgehead atoms. The minimum atomic E-state index is 0.424. The molecule has 1 atom stereocenters. The van der Waals surface area contributed by atoms with Gasteiger partial charge in [0, 0.05) is 18.7 Å². The van der Waals surface area contributed by atoms with Crippen molar-refractivity contribution in [2.75, 3.05) is 19.6 Å². The molecular weight excluding hydrogens is 220 g/mol. The smallest absolute Gasteiger partial charge is 0.0555 e. The van der Waals surface area contributed by atoms with Crippen molar-refractivity contribution >= 4 is 0 Å². The fourth-order valence-corrected chi connectivity index (χ4v) is 2.54. The molecule has 1 heterocycles. The maximum atomic E-state index is 5.36. The van der Waals surface area contributed by atoms with Crippen LogP contribution >= 0.6 is 0 Å². The summed E-state index contributed by atoms with van der Waals surface area (Å²) >= 11 is 0. The Morgan fingerprint density at radius 2 is 2.11 bits per heavy atom. The van der Waals surface area contributed by atoms with Crippen LogP contribution in [0.5, 0.6) is 0 Å². The van der Waals surface area contributed by atoms with Gasteiger partial charge >= 0.3 is 0 Å². The number of nitrogens with two attached hydrogens (primary N) is 1. The lowest BCUT2D eigenvalue weighted by Gasteiger charge is -2.30. The van der Waals surface area contributed by atoms with Gasteiger partial charge in [0.15, 0.2) is 0 Å². The first-order valence-corrected chi connectivity index (χ1v) is 6.78. The zero-order chi connectivity index (χ0) is 12.8. The van der Waals surface area contributed by atoms with E-state index in [4.69, 9.17) is 5.73 Å². The summed E-state index contributed by atoms with van der Waals surface area (Å²) in [6.07, 6.45) is 2.71. The normalized spacial score (nSPS) is 20.2. The predicted octanol–water partition coefficient (Wildman–Crippen LogP) is 2.23. The van der Waals surface area contributed by atoms with Crippen molar-refractivity contribution in [2.45, 2.75) is 26.3 Å². The Labute approximate surface area is 110 Å². The first-order chi connectivity index (χ1) is 8.78. The summed E-state index contributed by atoms with van der Waals surface area (Å²) in [6, 6.07) is 8.54. The van der Waals surface area contributed by atoms with Crippen LogP contribution in [0.4, 0.5) is 0 Å². The Kier molecular flexibility index (Phi) is 4.81. The Balaban J connectivity index is 1.93. The predicted molar refractivity (Wildman–Crippen MR) is 76.0 cm³/mol. The third-order valence-electron chi connectivity index (χ3n) is 3.44. The molecule has 18 heavy (non-hydrogen) atoms. The van der Waals surface area contributed by atoms with Gasteiger partial charge in [-0.1, -0.05) is 30.9 Å². The number of hydrogen-bond acceptors (Lipinski definition) is 2. The van der Waals surface area contributed by atoms with Gasteiger partial charge in [0.05, 0.1) is 6.54 Å². The zero-order valence-corrected chi connectivity index (χ0v) is 11.2. The largest absolute Gasteiger partial charge is 0.320 e. The second-order valence-corrected chi connectivity index (χ2v) is 5.19. The molecule has 1 fully saturated rings. The summed E-state index contributed by atoms with van der Waals surface area (Å²) in [7, 11) is 0. The molecule has 1 aliphatic rings. The van der Waals surface area contributed by atoms with Crippen LogP contribution in [-0.4, -0.2) is 24.5 Å². The van der Waals surface area contributed by atoms with Gasteiger partial charge in [0.25, 0.3) is 0 Å².